The maximum Gasteiger partial charge on any atom is 0.242 e. The van der Waals surface area contributed by atoms with Crippen molar-refractivity contribution in [1.29, 1.82) is 5.41 Å². The molecule has 0 spiro atoms. The molecule has 0 radical (unpaired) electrons. The van der Waals surface area contributed by atoms with Gasteiger partial charge in [-0.1, -0.05) is 41.9 Å². The Morgan fingerprint density at radius 2 is 1.76 bits per heavy atom. The molecule has 12 heteroatoms. The van der Waals surface area contributed by atoms with E-state index >= 15 is 0 Å². The highest BCUT2D eigenvalue weighted by Crippen LogP contribution is 2.25. The van der Waals surface area contributed by atoms with Crippen molar-refractivity contribution >= 4 is 58.3 Å². The summed E-state index contributed by atoms with van der Waals surface area (Å²) in [5, 5.41) is 16.8. The van der Waals surface area contributed by atoms with Crippen molar-refractivity contribution < 1.29 is 18.4 Å². The summed E-state index contributed by atoms with van der Waals surface area (Å²) in [5.74, 6) is -1.76. The van der Waals surface area contributed by atoms with Gasteiger partial charge in [0.25, 0.3) is 0 Å². The van der Waals surface area contributed by atoms with Crippen LogP contribution in [0, 0.1) is 17.0 Å². The van der Waals surface area contributed by atoms with Crippen LogP contribution in [0.3, 0.4) is 0 Å². The molecule has 1 heterocycles. The van der Waals surface area contributed by atoms with Gasteiger partial charge in [-0.2, -0.15) is 0 Å². The first-order chi connectivity index (χ1) is 18.2. The molecule has 1 fully saturated rings. The van der Waals surface area contributed by atoms with E-state index in [2.05, 4.69) is 20.7 Å². The number of nitrogens with one attached hydrogen (secondary N) is 5. The summed E-state index contributed by atoms with van der Waals surface area (Å²) < 4.78 is 32.2. The number of hydrogen-bond donors (Lipinski definition) is 5. The monoisotopic (exact) mass is 558 g/mol. The van der Waals surface area contributed by atoms with Gasteiger partial charge in [0.05, 0.1) is 29.0 Å². The summed E-state index contributed by atoms with van der Waals surface area (Å²) in [6.07, 6.45) is 0.162. The fraction of sp³-hybridized carbons (Fsp3) is 0.192. The van der Waals surface area contributed by atoms with Crippen LogP contribution in [-0.2, 0) is 9.59 Å². The van der Waals surface area contributed by atoms with Crippen LogP contribution in [0.5, 0.6) is 0 Å². The van der Waals surface area contributed by atoms with E-state index in [1.807, 2.05) is 0 Å². The van der Waals surface area contributed by atoms with Gasteiger partial charge in [0.1, 0.15) is 17.7 Å². The Kier molecular flexibility index (Phi) is 8.95. The third kappa shape index (κ3) is 6.67. The number of likely N-dealkylation sites (N-methyl/N-ethyl adjacent to an activating group) is 1. The summed E-state index contributed by atoms with van der Waals surface area (Å²) in [6.45, 7) is -0.0710. The van der Waals surface area contributed by atoms with Crippen molar-refractivity contribution in [2.24, 2.45) is 0 Å². The zero-order valence-electron chi connectivity index (χ0n) is 20.2. The first-order valence-corrected chi connectivity index (χ1v) is 12.8. The number of nitrogens with zero attached hydrogens (tertiary/aromatic N) is 1. The molecule has 5 N–H and O–H groups in total. The summed E-state index contributed by atoms with van der Waals surface area (Å²) >= 11 is 6.92. The van der Waals surface area contributed by atoms with E-state index in [1.54, 1.807) is 53.8 Å². The maximum atomic E-state index is 14.1. The van der Waals surface area contributed by atoms with E-state index < -0.39 is 23.7 Å². The predicted molar refractivity (Wildman–Crippen MR) is 147 cm³/mol. The topological polar surface area (TPSA) is 109 Å². The number of rotatable bonds is 8. The predicted octanol–water partition coefficient (Wildman–Crippen LogP) is 4.71. The molecule has 0 bridgehead atoms. The molecule has 3 aromatic rings. The minimum Gasteiger partial charge on any atom is -0.353 e. The molecule has 0 aliphatic carbocycles. The second-order valence-corrected chi connectivity index (χ2v) is 9.93. The number of carbonyl (C=O) groups excluding carboxylic acids is 2. The molecule has 0 aromatic heterocycles. The fourth-order valence-electron chi connectivity index (χ4n) is 3.82. The molecule has 0 saturated carbocycles. The Hall–Kier alpha value is -3.51. The van der Waals surface area contributed by atoms with Gasteiger partial charge in [-0.3, -0.25) is 9.59 Å². The number of anilines is 3. The van der Waals surface area contributed by atoms with Crippen LogP contribution in [0.25, 0.3) is 0 Å². The number of amides is 2. The lowest BCUT2D eigenvalue weighted by atomic mass is 10.0. The van der Waals surface area contributed by atoms with E-state index in [9.17, 15) is 18.4 Å². The van der Waals surface area contributed by atoms with Gasteiger partial charge in [0.2, 0.25) is 11.8 Å². The van der Waals surface area contributed by atoms with Crippen molar-refractivity contribution in [3.05, 3.63) is 89.0 Å². The summed E-state index contributed by atoms with van der Waals surface area (Å²) in [5.41, 5.74) is 1.78. The fourth-order valence-corrected chi connectivity index (χ4v) is 4.81. The van der Waals surface area contributed by atoms with Crippen molar-refractivity contribution in [1.82, 2.24) is 14.3 Å². The molecule has 1 saturated heterocycles. The van der Waals surface area contributed by atoms with Crippen LogP contribution in [0.4, 0.5) is 25.8 Å². The largest absolute Gasteiger partial charge is 0.353 e. The lowest BCUT2D eigenvalue weighted by Gasteiger charge is -2.34. The van der Waals surface area contributed by atoms with Crippen molar-refractivity contribution in [3.8, 4) is 0 Å². The minimum atomic E-state index is -0.705. The molecule has 198 valence electrons. The summed E-state index contributed by atoms with van der Waals surface area (Å²) in [4.78, 5) is 25.8. The number of carbonyl (C=O) groups is 2. The normalized spacial score (nSPS) is 17.5. The van der Waals surface area contributed by atoms with Crippen molar-refractivity contribution in [2.75, 3.05) is 24.2 Å². The van der Waals surface area contributed by atoms with E-state index in [0.717, 1.165) is 18.2 Å². The lowest BCUT2D eigenvalue weighted by molar-refractivity contribution is -0.124. The van der Waals surface area contributed by atoms with Gasteiger partial charge >= 0.3 is 0 Å². The highest BCUT2D eigenvalue weighted by molar-refractivity contribution is 7.95. The Morgan fingerprint density at radius 1 is 1.05 bits per heavy atom. The molecular weight excluding hydrogens is 534 g/mol. The van der Waals surface area contributed by atoms with Crippen LogP contribution in [0.15, 0.2) is 66.7 Å². The second kappa shape index (κ2) is 12.4. The Labute approximate surface area is 227 Å². The number of hydrogen-bond acceptors (Lipinski definition) is 7. The van der Waals surface area contributed by atoms with Crippen LogP contribution < -0.4 is 20.7 Å². The molecule has 1 aliphatic rings. The molecular formula is C26H25ClF2N6O2S. The first-order valence-electron chi connectivity index (χ1n) is 11.6. The highest BCUT2D eigenvalue weighted by Gasteiger charge is 2.35. The van der Waals surface area contributed by atoms with Crippen molar-refractivity contribution in [2.45, 2.75) is 18.5 Å². The zero-order chi connectivity index (χ0) is 27.2. The molecule has 2 amide bonds. The smallest absolute Gasteiger partial charge is 0.242 e. The van der Waals surface area contributed by atoms with Gasteiger partial charge in [-0.05, 0) is 49.9 Å². The third-order valence-corrected chi connectivity index (χ3v) is 7.10. The SMILES string of the molecule is CN1SNC(C(=O)NCC(=N)c2ccccc2Nc2ccccc2F)CC1C(=O)Nc1ccc(F)c(Cl)c1. The maximum absolute atomic E-state index is 14.1. The van der Waals surface area contributed by atoms with Gasteiger partial charge in [-0.25, -0.2) is 17.8 Å². The van der Waals surface area contributed by atoms with Crippen LogP contribution in [0.1, 0.15) is 12.0 Å². The second-order valence-electron chi connectivity index (χ2n) is 8.52. The summed E-state index contributed by atoms with van der Waals surface area (Å²) in [6, 6.07) is 15.7. The lowest BCUT2D eigenvalue weighted by Crippen LogP contribution is -2.54. The van der Waals surface area contributed by atoms with Gasteiger partial charge in [0, 0.05) is 29.1 Å². The van der Waals surface area contributed by atoms with E-state index in [-0.39, 0.29) is 41.2 Å². The van der Waals surface area contributed by atoms with E-state index in [1.165, 1.54) is 18.2 Å². The molecule has 8 nitrogen and oxygen atoms in total. The van der Waals surface area contributed by atoms with Gasteiger partial charge in [-0.15, -0.1) is 0 Å². The minimum absolute atomic E-state index is 0.0710. The molecule has 4 rings (SSSR count). The van der Waals surface area contributed by atoms with Crippen molar-refractivity contribution in [3.63, 3.8) is 0 Å². The average Bonchev–Trinajstić information content (AvgIpc) is 2.91. The molecule has 2 atom stereocenters. The summed E-state index contributed by atoms with van der Waals surface area (Å²) in [7, 11) is 1.71. The first kappa shape index (κ1) is 27.5. The van der Waals surface area contributed by atoms with E-state index in [4.69, 9.17) is 17.0 Å². The molecule has 3 aromatic carbocycles. The Balaban J connectivity index is 1.36. The average molecular weight is 559 g/mol. The number of halogens is 3. The van der Waals surface area contributed by atoms with E-state index in [0.29, 0.717) is 16.9 Å². The third-order valence-electron chi connectivity index (χ3n) is 5.88. The Morgan fingerprint density at radius 3 is 2.50 bits per heavy atom. The quantitative estimate of drug-likeness (QED) is 0.202. The number of benzene rings is 3. The zero-order valence-corrected chi connectivity index (χ0v) is 21.8. The standard InChI is InChI=1S/C26H25ClF2N6O2S/c1-35-24(26(37)32-15-10-11-18(28)17(27)12-15)13-23(34-38-35)25(36)31-14-20(30)16-6-2-4-8-21(16)33-22-9-5-3-7-19(22)29/h2-12,23-24,30,33-34H,13-14H2,1H3,(H,31,36)(H,32,37). The highest BCUT2D eigenvalue weighted by atomic mass is 35.5. The Bertz CT molecular complexity index is 1360. The van der Waals surface area contributed by atoms with Crippen LogP contribution in [0.2, 0.25) is 5.02 Å². The van der Waals surface area contributed by atoms with Gasteiger partial charge < -0.3 is 21.4 Å². The molecule has 38 heavy (non-hydrogen) atoms. The van der Waals surface area contributed by atoms with Crippen LogP contribution in [-0.4, -0.2) is 47.5 Å². The van der Waals surface area contributed by atoms with Crippen LogP contribution >= 0.6 is 23.7 Å². The molecule has 2 unspecified atom stereocenters. The van der Waals surface area contributed by atoms with Gasteiger partial charge in [0.15, 0.2) is 0 Å². The number of para-hydroxylation sites is 2. The molecule has 1 aliphatic heterocycles.